The number of para-hydroxylation sites is 1. The minimum Gasteiger partial charge on any atom is -0.479 e. The summed E-state index contributed by atoms with van der Waals surface area (Å²) in [6.07, 6.45) is 5.25. The van der Waals surface area contributed by atoms with E-state index in [4.69, 9.17) is 4.74 Å². The zero-order chi connectivity index (χ0) is 22.2. The van der Waals surface area contributed by atoms with Crippen molar-refractivity contribution in [3.05, 3.63) is 59.0 Å². The molecule has 1 N–H and O–H groups in total. The number of nitrogens with zero attached hydrogens (tertiary/aromatic N) is 5. The van der Waals surface area contributed by atoms with Crippen molar-refractivity contribution in [1.82, 2.24) is 24.9 Å². The molecule has 2 aliphatic heterocycles. The van der Waals surface area contributed by atoms with E-state index >= 15 is 0 Å². The van der Waals surface area contributed by atoms with Gasteiger partial charge in [-0.25, -0.2) is 0 Å². The van der Waals surface area contributed by atoms with Crippen molar-refractivity contribution in [2.75, 3.05) is 25.1 Å². The number of nitrogens with one attached hydrogen (secondary N) is 1. The van der Waals surface area contributed by atoms with Crippen LogP contribution in [0.3, 0.4) is 0 Å². The van der Waals surface area contributed by atoms with E-state index in [2.05, 4.69) is 21.4 Å². The molecule has 1 atom stereocenters. The number of ether oxygens (including phenoxy) is 1. The maximum atomic E-state index is 13.3. The summed E-state index contributed by atoms with van der Waals surface area (Å²) in [6, 6.07) is 9.57. The maximum absolute atomic E-state index is 13.3. The van der Waals surface area contributed by atoms with Crippen LogP contribution in [0.5, 0.6) is 5.88 Å². The molecule has 2 amide bonds. The van der Waals surface area contributed by atoms with Crippen molar-refractivity contribution in [2.24, 2.45) is 7.05 Å². The SMILES string of the molecule is COc1nn(C)cc1C(=O)N1CCCCC1c1cc(C(=O)N2CCc3ccccc32)n[nH]1. The zero-order valence-corrected chi connectivity index (χ0v) is 18.2. The zero-order valence-electron chi connectivity index (χ0n) is 18.2. The number of benzene rings is 1. The third-order valence-corrected chi connectivity index (χ3v) is 6.29. The smallest absolute Gasteiger partial charge is 0.278 e. The molecule has 9 nitrogen and oxygen atoms in total. The van der Waals surface area contributed by atoms with E-state index in [1.165, 1.54) is 12.7 Å². The van der Waals surface area contributed by atoms with Gasteiger partial charge in [0, 0.05) is 32.0 Å². The molecule has 5 rings (SSSR count). The second-order valence-corrected chi connectivity index (χ2v) is 8.28. The fourth-order valence-electron chi connectivity index (χ4n) is 4.72. The molecular weight excluding hydrogens is 408 g/mol. The van der Waals surface area contributed by atoms with E-state index in [0.717, 1.165) is 37.1 Å². The molecule has 32 heavy (non-hydrogen) atoms. The lowest BCUT2D eigenvalue weighted by Crippen LogP contribution is -2.38. The van der Waals surface area contributed by atoms with Crippen LogP contribution in [0.2, 0.25) is 0 Å². The number of piperidine rings is 1. The Morgan fingerprint density at radius 2 is 2.00 bits per heavy atom. The largest absolute Gasteiger partial charge is 0.479 e. The molecule has 166 valence electrons. The van der Waals surface area contributed by atoms with Gasteiger partial charge in [0.05, 0.1) is 18.8 Å². The van der Waals surface area contributed by atoms with E-state index in [1.807, 2.05) is 23.1 Å². The number of anilines is 1. The number of carbonyl (C=O) groups is 2. The number of aromatic amines is 1. The number of rotatable bonds is 4. The molecule has 0 spiro atoms. The molecule has 1 aromatic carbocycles. The van der Waals surface area contributed by atoms with Gasteiger partial charge in [0.15, 0.2) is 5.69 Å². The topological polar surface area (TPSA) is 96.3 Å². The Morgan fingerprint density at radius 1 is 1.16 bits per heavy atom. The second kappa shape index (κ2) is 8.14. The molecule has 0 bridgehead atoms. The average Bonchev–Trinajstić information content (AvgIpc) is 3.56. The van der Waals surface area contributed by atoms with Crippen LogP contribution in [0.25, 0.3) is 0 Å². The highest BCUT2D eigenvalue weighted by atomic mass is 16.5. The van der Waals surface area contributed by atoms with Crippen LogP contribution in [-0.2, 0) is 13.5 Å². The Hall–Kier alpha value is -3.62. The minimum atomic E-state index is -0.180. The lowest BCUT2D eigenvalue weighted by Gasteiger charge is -2.34. The molecule has 0 aliphatic carbocycles. The van der Waals surface area contributed by atoms with Gasteiger partial charge in [-0.15, -0.1) is 5.10 Å². The number of fused-ring (bicyclic) bond motifs is 1. The highest BCUT2D eigenvalue weighted by Gasteiger charge is 2.34. The number of H-pyrrole nitrogens is 1. The standard InChI is InChI=1S/C23H26N6O3/c1-27-14-16(21(26-27)32-2)22(30)28-11-6-5-9-20(28)17-13-18(25-24-17)23(31)29-12-10-15-7-3-4-8-19(15)29/h3-4,7-8,13-14,20H,5-6,9-12H2,1-2H3,(H,24,25). The molecule has 1 unspecified atom stereocenters. The number of aromatic nitrogens is 4. The molecule has 2 aliphatic rings. The van der Waals surface area contributed by atoms with Crippen molar-refractivity contribution in [3.63, 3.8) is 0 Å². The summed E-state index contributed by atoms with van der Waals surface area (Å²) in [6.45, 7) is 1.28. The van der Waals surface area contributed by atoms with Gasteiger partial charge in [-0.1, -0.05) is 18.2 Å². The van der Waals surface area contributed by atoms with Gasteiger partial charge in [0.25, 0.3) is 11.8 Å². The summed E-state index contributed by atoms with van der Waals surface area (Å²) in [7, 11) is 3.27. The molecule has 1 fully saturated rings. The average molecular weight is 435 g/mol. The van der Waals surface area contributed by atoms with Crippen molar-refractivity contribution in [2.45, 2.75) is 31.7 Å². The van der Waals surface area contributed by atoms with Crippen LogP contribution in [0.4, 0.5) is 5.69 Å². The van der Waals surface area contributed by atoms with E-state index in [0.29, 0.717) is 30.2 Å². The van der Waals surface area contributed by atoms with Crippen LogP contribution in [0, 0.1) is 0 Å². The molecule has 0 saturated carbocycles. The summed E-state index contributed by atoms with van der Waals surface area (Å²) in [4.78, 5) is 30.1. The highest BCUT2D eigenvalue weighted by Crippen LogP contribution is 2.34. The predicted octanol–water partition coefficient (Wildman–Crippen LogP) is 2.72. The van der Waals surface area contributed by atoms with E-state index in [9.17, 15) is 9.59 Å². The maximum Gasteiger partial charge on any atom is 0.278 e. The minimum absolute atomic E-state index is 0.125. The van der Waals surface area contributed by atoms with Crippen LogP contribution in [0.1, 0.15) is 57.4 Å². The normalized spacial score (nSPS) is 18.0. The van der Waals surface area contributed by atoms with Crippen LogP contribution < -0.4 is 9.64 Å². The summed E-state index contributed by atoms with van der Waals surface area (Å²) in [5, 5.41) is 11.6. The van der Waals surface area contributed by atoms with Gasteiger partial charge in [-0.2, -0.15) is 5.10 Å². The first-order valence-corrected chi connectivity index (χ1v) is 10.9. The third kappa shape index (κ3) is 3.43. The quantitative estimate of drug-likeness (QED) is 0.681. The molecular formula is C23H26N6O3. The fraction of sp³-hybridized carbons (Fsp3) is 0.391. The van der Waals surface area contributed by atoms with Gasteiger partial charge >= 0.3 is 0 Å². The molecule has 3 aromatic rings. The Balaban J connectivity index is 1.39. The summed E-state index contributed by atoms with van der Waals surface area (Å²) >= 11 is 0. The van der Waals surface area contributed by atoms with Crippen LogP contribution in [0.15, 0.2) is 36.5 Å². The summed E-state index contributed by atoms with van der Waals surface area (Å²) < 4.78 is 6.87. The molecule has 1 saturated heterocycles. The Labute approximate surface area is 186 Å². The van der Waals surface area contributed by atoms with Gasteiger partial charge < -0.3 is 14.5 Å². The van der Waals surface area contributed by atoms with Gasteiger partial charge in [-0.05, 0) is 43.4 Å². The van der Waals surface area contributed by atoms with Crippen molar-refractivity contribution in [3.8, 4) is 5.88 Å². The fourth-order valence-corrected chi connectivity index (χ4v) is 4.72. The summed E-state index contributed by atoms with van der Waals surface area (Å²) in [5.74, 6) is 0.0608. The van der Waals surface area contributed by atoms with E-state index in [1.54, 1.807) is 28.9 Å². The number of carbonyl (C=O) groups excluding carboxylic acids is 2. The monoisotopic (exact) mass is 434 g/mol. The first-order valence-electron chi connectivity index (χ1n) is 10.9. The summed E-state index contributed by atoms with van der Waals surface area (Å²) in [5.41, 5.74) is 3.70. The Morgan fingerprint density at radius 3 is 2.84 bits per heavy atom. The lowest BCUT2D eigenvalue weighted by molar-refractivity contribution is 0.0602. The van der Waals surface area contributed by atoms with E-state index < -0.39 is 0 Å². The van der Waals surface area contributed by atoms with E-state index in [-0.39, 0.29) is 17.9 Å². The third-order valence-electron chi connectivity index (χ3n) is 6.29. The lowest BCUT2D eigenvalue weighted by atomic mass is 9.98. The second-order valence-electron chi connectivity index (χ2n) is 8.28. The number of amides is 2. The molecule has 9 heteroatoms. The Kier molecular flexibility index (Phi) is 5.16. The van der Waals surface area contributed by atoms with Crippen LogP contribution in [-0.4, -0.2) is 56.9 Å². The highest BCUT2D eigenvalue weighted by molar-refractivity contribution is 6.06. The predicted molar refractivity (Wildman–Crippen MR) is 118 cm³/mol. The molecule has 0 radical (unpaired) electrons. The number of methoxy groups -OCH3 is 1. The van der Waals surface area contributed by atoms with Crippen molar-refractivity contribution >= 4 is 17.5 Å². The number of hydrogen-bond acceptors (Lipinski definition) is 5. The first kappa shape index (κ1) is 20.3. The van der Waals surface area contributed by atoms with Gasteiger partial charge in [-0.3, -0.25) is 19.4 Å². The van der Waals surface area contributed by atoms with Crippen molar-refractivity contribution in [1.29, 1.82) is 0 Å². The van der Waals surface area contributed by atoms with Crippen LogP contribution >= 0.6 is 0 Å². The molecule has 2 aromatic heterocycles. The number of hydrogen-bond donors (Lipinski definition) is 1. The molecule has 4 heterocycles. The van der Waals surface area contributed by atoms with Crippen molar-refractivity contribution < 1.29 is 14.3 Å². The number of aryl methyl sites for hydroxylation is 1. The number of likely N-dealkylation sites (tertiary alicyclic amines) is 1. The van der Waals surface area contributed by atoms with Gasteiger partial charge in [0.2, 0.25) is 5.88 Å². The Bertz CT molecular complexity index is 1170. The first-order chi connectivity index (χ1) is 15.6. The van der Waals surface area contributed by atoms with Gasteiger partial charge in [0.1, 0.15) is 5.56 Å².